The van der Waals surface area contributed by atoms with Gasteiger partial charge in [-0.15, -0.1) is 0 Å². The number of ether oxygens (including phenoxy) is 5. The number of hydrogen-bond acceptors (Lipinski definition) is 8. The Morgan fingerprint density at radius 3 is 2.22 bits per heavy atom. The lowest BCUT2D eigenvalue weighted by Crippen LogP contribution is -2.20. The number of nitrogens with one attached hydrogen (secondary N) is 1. The molecular formula is C27H24ClNO8. The van der Waals surface area contributed by atoms with Gasteiger partial charge in [-0.2, -0.15) is 0 Å². The molecule has 0 aliphatic rings. The van der Waals surface area contributed by atoms with E-state index in [-0.39, 0.29) is 12.0 Å². The number of carbonyl (C=O) groups is 1. The topological polar surface area (TPSA) is 105 Å². The second kappa shape index (κ2) is 11.1. The molecule has 0 spiro atoms. The van der Waals surface area contributed by atoms with E-state index < -0.39 is 5.91 Å². The van der Waals surface area contributed by atoms with Gasteiger partial charge in [-0.25, -0.2) is 0 Å². The number of hydrogen-bond donors (Lipinski definition) is 1. The quantitative estimate of drug-likeness (QED) is 0.319. The molecule has 0 saturated heterocycles. The fourth-order valence-corrected chi connectivity index (χ4v) is 3.88. The molecule has 3 aromatic carbocycles. The molecule has 1 heterocycles. The maximum Gasteiger partial charge on any atom is 0.262 e. The van der Waals surface area contributed by atoms with Crippen LogP contribution in [0.2, 0.25) is 5.02 Å². The van der Waals surface area contributed by atoms with Crippen LogP contribution in [0.5, 0.6) is 28.7 Å². The molecule has 0 unspecified atom stereocenters. The number of amides is 1. The fourth-order valence-electron chi connectivity index (χ4n) is 3.70. The van der Waals surface area contributed by atoms with E-state index in [1.165, 1.54) is 40.6 Å². The maximum atomic E-state index is 12.9. The highest BCUT2D eigenvalue weighted by Crippen LogP contribution is 2.41. The summed E-state index contributed by atoms with van der Waals surface area (Å²) in [4.78, 5) is 25.3. The second-order valence-electron chi connectivity index (χ2n) is 7.73. The number of halogens is 1. The molecule has 0 aliphatic heterocycles. The van der Waals surface area contributed by atoms with Crippen molar-refractivity contribution in [3.05, 3.63) is 69.8 Å². The van der Waals surface area contributed by atoms with Gasteiger partial charge < -0.3 is 33.4 Å². The first-order chi connectivity index (χ1) is 17.9. The molecule has 0 bridgehead atoms. The van der Waals surface area contributed by atoms with Crippen LogP contribution in [0, 0.1) is 0 Å². The van der Waals surface area contributed by atoms with E-state index in [2.05, 4.69) is 5.32 Å². The largest absolute Gasteiger partial charge is 0.495 e. The highest BCUT2D eigenvalue weighted by Gasteiger charge is 2.17. The van der Waals surface area contributed by atoms with Crippen molar-refractivity contribution >= 4 is 34.2 Å². The summed E-state index contributed by atoms with van der Waals surface area (Å²) in [5.74, 6) is 1.97. The average molecular weight is 526 g/mol. The fraction of sp³-hybridized carbons (Fsp3) is 0.185. The summed E-state index contributed by atoms with van der Waals surface area (Å²) >= 11 is 6.00. The van der Waals surface area contributed by atoms with E-state index >= 15 is 0 Å². The van der Waals surface area contributed by atoms with Crippen LogP contribution >= 0.6 is 11.6 Å². The highest BCUT2D eigenvalue weighted by atomic mass is 35.5. The summed E-state index contributed by atoms with van der Waals surface area (Å²) in [5.41, 5.74) is 1.05. The van der Waals surface area contributed by atoms with Crippen molar-refractivity contribution in [1.29, 1.82) is 0 Å². The van der Waals surface area contributed by atoms with Gasteiger partial charge in [0, 0.05) is 16.7 Å². The van der Waals surface area contributed by atoms with Gasteiger partial charge >= 0.3 is 0 Å². The molecule has 0 aliphatic carbocycles. The van der Waals surface area contributed by atoms with Gasteiger partial charge in [0.15, 0.2) is 23.5 Å². The number of methoxy groups -OCH3 is 4. The lowest BCUT2D eigenvalue weighted by Gasteiger charge is -2.14. The Labute approximate surface area is 217 Å². The van der Waals surface area contributed by atoms with Crippen molar-refractivity contribution in [1.82, 2.24) is 0 Å². The molecular weight excluding hydrogens is 502 g/mol. The summed E-state index contributed by atoms with van der Waals surface area (Å²) in [6.07, 6.45) is 0. The first-order valence-corrected chi connectivity index (χ1v) is 11.4. The first kappa shape index (κ1) is 25.7. The Balaban J connectivity index is 1.55. The lowest BCUT2D eigenvalue weighted by molar-refractivity contribution is -0.118. The molecule has 0 fully saturated rings. The van der Waals surface area contributed by atoms with Crippen molar-refractivity contribution in [3.63, 3.8) is 0 Å². The summed E-state index contributed by atoms with van der Waals surface area (Å²) in [6.45, 7) is -0.296. The third kappa shape index (κ3) is 5.57. The number of carbonyl (C=O) groups excluding carboxylic acids is 1. The van der Waals surface area contributed by atoms with Crippen LogP contribution in [-0.2, 0) is 4.79 Å². The van der Waals surface area contributed by atoms with Gasteiger partial charge in [-0.3, -0.25) is 9.59 Å². The van der Waals surface area contributed by atoms with E-state index in [1.807, 2.05) is 0 Å². The zero-order chi connectivity index (χ0) is 26.5. The minimum atomic E-state index is -0.426. The Morgan fingerprint density at radius 2 is 1.57 bits per heavy atom. The van der Waals surface area contributed by atoms with Crippen LogP contribution in [0.25, 0.3) is 22.3 Å². The number of rotatable bonds is 9. The number of fused-ring (bicyclic) bond motifs is 1. The van der Waals surface area contributed by atoms with E-state index in [9.17, 15) is 9.59 Å². The SMILES string of the molecule is COc1ccc(Cl)cc1NC(=O)COc1ccc2oc(-c3cc(OC)c(OC)c(OC)c3)cc(=O)c2c1. The number of anilines is 1. The molecule has 0 radical (unpaired) electrons. The molecule has 10 heteroatoms. The zero-order valence-electron chi connectivity index (χ0n) is 20.5. The predicted octanol–water partition coefficient (Wildman–Crippen LogP) is 5.17. The summed E-state index contributed by atoms with van der Waals surface area (Å²) in [7, 11) is 6.01. The Kier molecular flexibility index (Phi) is 7.74. The molecule has 4 aromatic rings. The van der Waals surface area contributed by atoms with Crippen molar-refractivity contribution in [2.75, 3.05) is 40.4 Å². The minimum absolute atomic E-state index is 0.288. The molecule has 4 rings (SSSR count). The molecule has 1 aromatic heterocycles. The summed E-state index contributed by atoms with van der Waals surface area (Å²) < 4.78 is 32.9. The molecule has 1 N–H and O–H groups in total. The molecule has 1 amide bonds. The smallest absolute Gasteiger partial charge is 0.262 e. The lowest BCUT2D eigenvalue weighted by atomic mass is 10.1. The Hall–Kier alpha value is -4.37. The van der Waals surface area contributed by atoms with Crippen LogP contribution in [-0.4, -0.2) is 41.0 Å². The van der Waals surface area contributed by atoms with Gasteiger partial charge in [-0.1, -0.05) is 11.6 Å². The van der Waals surface area contributed by atoms with Crippen molar-refractivity contribution in [3.8, 4) is 40.1 Å². The summed E-state index contributed by atoms with van der Waals surface area (Å²) in [5, 5.41) is 3.44. The van der Waals surface area contributed by atoms with E-state index in [1.54, 1.807) is 42.5 Å². The van der Waals surface area contributed by atoms with Crippen LogP contribution in [0.1, 0.15) is 0 Å². The van der Waals surface area contributed by atoms with Crippen LogP contribution in [0.3, 0.4) is 0 Å². The predicted molar refractivity (Wildman–Crippen MR) is 140 cm³/mol. The van der Waals surface area contributed by atoms with Gasteiger partial charge in [-0.05, 0) is 48.5 Å². The Morgan fingerprint density at radius 1 is 0.865 bits per heavy atom. The average Bonchev–Trinajstić information content (AvgIpc) is 2.91. The van der Waals surface area contributed by atoms with Crippen LogP contribution in [0.15, 0.2) is 63.8 Å². The molecule has 0 saturated carbocycles. The highest BCUT2D eigenvalue weighted by molar-refractivity contribution is 6.31. The monoisotopic (exact) mass is 525 g/mol. The molecule has 37 heavy (non-hydrogen) atoms. The standard InChI is InChI=1S/C27H24ClNO8/c1-32-22-7-5-16(28)11-19(22)29-26(31)14-36-17-6-8-21-18(12-17)20(30)13-23(37-21)15-9-24(33-2)27(35-4)25(10-15)34-3/h5-13H,14H2,1-4H3,(H,29,31). The first-order valence-electron chi connectivity index (χ1n) is 11.0. The maximum absolute atomic E-state index is 12.9. The number of benzene rings is 3. The third-order valence-corrected chi connectivity index (χ3v) is 5.69. The van der Waals surface area contributed by atoms with Gasteiger partial charge in [0.2, 0.25) is 5.75 Å². The molecule has 9 nitrogen and oxygen atoms in total. The van der Waals surface area contributed by atoms with E-state index in [4.69, 9.17) is 39.7 Å². The minimum Gasteiger partial charge on any atom is -0.495 e. The van der Waals surface area contributed by atoms with Crippen LogP contribution < -0.4 is 34.4 Å². The molecule has 192 valence electrons. The van der Waals surface area contributed by atoms with Crippen molar-refractivity contribution in [2.45, 2.75) is 0 Å². The normalized spacial score (nSPS) is 10.6. The third-order valence-electron chi connectivity index (χ3n) is 5.45. The van der Waals surface area contributed by atoms with Crippen molar-refractivity contribution in [2.24, 2.45) is 0 Å². The van der Waals surface area contributed by atoms with Crippen LogP contribution in [0.4, 0.5) is 5.69 Å². The van der Waals surface area contributed by atoms with Gasteiger partial charge in [0.25, 0.3) is 5.91 Å². The molecule has 0 atom stereocenters. The van der Waals surface area contributed by atoms with E-state index in [0.29, 0.717) is 61.8 Å². The van der Waals surface area contributed by atoms with Gasteiger partial charge in [0.05, 0.1) is 39.5 Å². The van der Waals surface area contributed by atoms with Crippen molar-refractivity contribution < 1.29 is 32.9 Å². The second-order valence-corrected chi connectivity index (χ2v) is 8.16. The summed E-state index contributed by atoms with van der Waals surface area (Å²) in [6, 6.07) is 14.4. The zero-order valence-corrected chi connectivity index (χ0v) is 21.3. The van der Waals surface area contributed by atoms with E-state index in [0.717, 1.165) is 0 Å². The van der Waals surface area contributed by atoms with Gasteiger partial charge in [0.1, 0.15) is 22.8 Å². The Bertz CT molecular complexity index is 1490.